The first-order valence-corrected chi connectivity index (χ1v) is 5.20. The van der Waals surface area contributed by atoms with Crippen LogP contribution in [-0.2, 0) is 5.88 Å². The molecule has 0 bridgehead atoms. The second-order valence-electron chi connectivity index (χ2n) is 2.45. The second kappa shape index (κ2) is 4.97. The summed E-state index contributed by atoms with van der Waals surface area (Å²) in [7, 11) is 0. The number of pyridine rings is 1. The summed E-state index contributed by atoms with van der Waals surface area (Å²) in [6, 6.07) is 1.31. The Hall–Kier alpha value is -0.300. The third-order valence-electron chi connectivity index (χ3n) is 1.61. The highest BCUT2D eigenvalue weighted by molar-refractivity contribution is 14.1. The number of aromatic nitrogens is 1. The molecule has 0 radical (unpaired) electrons. The molecule has 0 aliphatic heterocycles. The summed E-state index contributed by atoms with van der Waals surface area (Å²) in [5.74, 6) is -0.128. The zero-order valence-corrected chi connectivity index (χ0v) is 9.72. The Morgan fingerprint density at radius 2 is 2.29 bits per heavy atom. The van der Waals surface area contributed by atoms with Gasteiger partial charge in [-0.05, 0) is 28.7 Å². The molecule has 0 saturated heterocycles. The number of alkyl halides is 3. The predicted molar refractivity (Wildman–Crippen MR) is 56.9 cm³/mol. The number of rotatable bonds is 3. The van der Waals surface area contributed by atoms with E-state index in [1.54, 1.807) is 0 Å². The van der Waals surface area contributed by atoms with Crippen molar-refractivity contribution in [3.8, 4) is 0 Å². The lowest BCUT2D eigenvalue weighted by molar-refractivity contribution is 0.110. The van der Waals surface area contributed by atoms with Crippen molar-refractivity contribution in [2.24, 2.45) is 0 Å². The first-order chi connectivity index (χ1) is 6.60. The average Bonchev–Trinajstić information content (AvgIpc) is 2.15. The molecular formula is C8H5ClF2INO. The van der Waals surface area contributed by atoms with Gasteiger partial charge in [0.05, 0.1) is 17.1 Å². The molecule has 0 amide bonds. The third kappa shape index (κ3) is 2.38. The topological polar surface area (TPSA) is 30.0 Å². The summed E-state index contributed by atoms with van der Waals surface area (Å²) in [5, 5.41) is 0. The van der Waals surface area contributed by atoms with E-state index < -0.39 is 6.43 Å². The van der Waals surface area contributed by atoms with E-state index in [2.05, 4.69) is 4.98 Å². The molecule has 14 heavy (non-hydrogen) atoms. The maximum absolute atomic E-state index is 12.5. The lowest BCUT2D eigenvalue weighted by atomic mass is 10.1. The van der Waals surface area contributed by atoms with E-state index in [9.17, 15) is 13.6 Å². The molecular weight excluding hydrogens is 326 g/mol. The summed E-state index contributed by atoms with van der Waals surface area (Å²) in [6.07, 6.45) is -2.34. The Morgan fingerprint density at radius 1 is 1.64 bits per heavy atom. The van der Waals surface area contributed by atoms with Crippen LogP contribution < -0.4 is 0 Å². The molecule has 6 heteroatoms. The lowest BCUT2D eigenvalue weighted by Gasteiger charge is -2.08. The van der Waals surface area contributed by atoms with Crippen molar-refractivity contribution in [3.05, 3.63) is 26.6 Å². The molecule has 0 fully saturated rings. The van der Waals surface area contributed by atoms with Crippen LogP contribution in [0.3, 0.4) is 0 Å². The maximum atomic E-state index is 12.5. The minimum Gasteiger partial charge on any atom is -0.298 e. The Kier molecular flexibility index (Phi) is 4.18. The Labute approximate surface area is 97.8 Å². The molecule has 0 aliphatic carbocycles. The van der Waals surface area contributed by atoms with Crippen LogP contribution in [0.25, 0.3) is 0 Å². The highest BCUT2D eigenvalue weighted by Gasteiger charge is 2.19. The van der Waals surface area contributed by atoms with Crippen LogP contribution in [-0.4, -0.2) is 11.3 Å². The largest absolute Gasteiger partial charge is 0.298 e. The Morgan fingerprint density at radius 3 is 2.71 bits per heavy atom. The zero-order valence-electron chi connectivity index (χ0n) is 6.81. The fraction of sp³-hybridized carbons (Fsp3) is 0.250. The monoisotopic (exact) mass is 331 g/mol. The number of carbonyl (C=O) groups is 1. The molecule has 0 saturated carbocycles. The van der Waals surface area contributed by atoms with E-state index in [1.165, 1.54) is 6.07 Å². The maximum Gasteiger partial charge on any atom is 0.266 e. The second-order valence-corrected chi connectivity index (χ2v) is 3.82. The van der Waals surface area contributed by atoms with Crippen LogP contribution in [0, 0.1) is 3.70 Å². The molecule has 1 aromatic heterocycles. The van der Waals surface area contributed by atoms with Gasteiger partial charge in [-0.1, -0.05) is 0 Å². The van der Waals surface area contributed by atoms with Crippen molar-refractivity contribution in [2.45, 2.75) is 12.3 Å². The third-order valence-corrected chi connectivity index (χ3v) is 2.42. The normalized spacial score (nSPS) is 10.6. The SMILES string of the molecule is O=Cc1cc(I)nc(CCl)c1C(F)F. The highest BCUT2D eigenvalue weighted by atomic mass is 127. The van der Waals surface area contributed by atoms with Crippen LogP contribution in [0.1, 0.15) is 28.0 Å². The van der Waals surface area contributed by atoms with Gasteiger partial charge < -0.3 is 0 Å². The van der Waals surface area contributed by atoms with Crippen LogP contribution in [0.15, 0.2) is 6.07 Å². The smallest absolute Gasteiger partial charge is 0.266 e. The minimum atomic E-state index is -2.73. The van der Waals surface area contributed by atoms with E-state index in [0.717, 1.165) is 0 Å². The number of hydrogen-bond acceptors (Lipinski definition) is 2. The van der Waals surface area contributed by atoms with E-state index in [-0.39, 0.29) is 22.7 Å². The number of carbonyl (C=O) groups excluding carboxylic acids is 1. The average molecular weight is 331 g/mol. The summed E-state index contributed by atoms with van der Waals surface area (Å²) in [4.78, 5) is 14.4. The standard InChI is InChI=1S/C8H5ClF2INO/c9-2-5-7(8(10)11)4(3-14)1-6(12)13-5/h1,3,8H,2H2. The molecule has 1 heterocycles. The number of aldehydes is 1. The molecule has 1 aromatic rings. The summed E-state index contributed by atoms with van der Waals surface area (Å²) >= 11 is 7.31. The van der Waals surface area contributed by atoms with E-state index in [0.29, 0.717) is 9.99 Å². The fourth-order valence-electron chi connectivity index (χ4n) is 1.05. The first-order valence-electron chi connectivity index (χ1n) is 3.58. The van der Waals surface area contributed by atoms with Gasteiger partial charge in [-0.3, -0.25) is 4.79 Å². The van der Waals surface area contributed by atoms with Gasteiger partial charge in [-0.25, -0.2) is 13.8 Å². The van der Waals surface area contributed by atoms with Gasteiger partial charge in [0.15, 0.2) is 6.29 Å². The zero-order chi connectivity index (χ0) is 10.7. The molecule has 2 nitrogen and oxygen atoms in total. The Balaban J connectivity index is 3.40. The highest BCUT2D eigenvalue weighted by Crippen LogP contribution is 2.27. The summed E-state index contributed by atoms with van der Waals surface area (Å²) in [6.45, 7) is 0. The van der Waals surface area contributed by atoms with Gasteiger partial charge >= 0.3 is 0 Å². The molecule has 0 spiro atoms. The molecule has 76 valence electrons. The van der Waals surface area contributed by atoms with Gasteiger partial charge in [0, 0.05) is 5.56 Å². The Bertz CT molecular complexity index is 359. The van der Waals surface area contributed by atoms with Crippen molar-refractivity contribution in [2.75, 3.05) is 0 Å². The van der Waals surface area contributed by atoms with Crippen molar-refractivity contribution in [1.82, 2.24) is 4.98 Å². The van der Waals surface area contributed by atoms with Gasteiger partial charge in [0.25, 0.3) is 6.43 Å². The predicted octanol–water partition coefficient (Wildman–Crippen LogP) is 3.18. The van der Waals surface area contributed by atoms with Gasteiger partial charge in [0.1, 0.15) is 3.70 Å². The number of nitrogens with zero attached hydrogens (tertiary/aromatic N) is 1. The van der Waals surface area contributed by atoms with Crippen molar-refractivity contribution < 1.29 is 13.6 Å². The van der Waals surface area contributed by atoms with Crippen molar-refractivity contribution in [1.29, 1.82) is 0 Å². The van der Waals surface area contributed by atoms with E-state index in [4.69, 9.17) is 11.6 Å². The molecule has 1 rings (SSSR count). The van der Waals surface area contributed by atoms with Crippen LogP contribution in [0.5, 0.6) is 0 Å². The van der Waals surface area contributed by atoms with Gasteiger partial charge in [0.2, 0.25) is 0 Å². The lowest BCUT2D eigenvalue weighted by Crippen LogP contribution is -2.03. The van der Waals surface area contributed by atoms with Crippen molar-refractivity contribution in [3.63, 3.8) is 0 Å². The minimum absolute atomic E-state index is 0.0462. The molecule has 0 unspecified atom stereocenters. The molecule has 0 N–H and O–H groups in total. The van der Waals surface area contributed by atoms with Gasteiger partial charge in [-0.15, -0.1) is 11.6 Å². The quantitative estimate of drug-likeness (QED) is 0.368. The molecule has 0 aliphatic rings. The number of hydrogen-bond donors (Lipinski definition) is 0. The van der Waals surface area contributed by atoms with E-state index in [1.807, 2.05) is 22.6 Å². The van der Waals surface area contributed by atoms with Crippen molar-refractivity contribution >= 4 is 40.5 Å². The fourth-order valence-corrected chi connectivity index (χ4v) is 1.88. The van der Waals surface area contributed by atoms with Crippen LogP contribution >= 0.6 is 34.2 Å². The first kappa shape index (κ1) is 11.8. The van der Waals surface area contributed by atoms with Crippen LogP contribution in [0.2, 0.25) is 0 Å². The molecule has 0 aromatic carbocycles. The van der Waals surface area contributed by atoms with E-state index >= 15 is 0 Å². The summed E-state index contributed by atoms with van der Waals surface area (Å²) < 4.78 is 25.5. The van der Waals surface area contributed by atoms with Gasteiger partial charge in [-0.2, -0.15) is 0 Å². The van der Waals surface area contributed by atoms with Crippen LogP contribution in [0.4, 0.5) is 8.78 Å². The number of halogens is 4. The molecule has 0 atom stereocenters. The summed E-state index contributed by atoms with van der Waals surface area (Å²) in [5.41, 5.74) is -0.346.